The third-order valence-electron chi connectivity index (χ3n) is 3.08. The molecule has 0 atom stereocenters. The van der Waals surface area contributed by atoms with Gasteiger partial charge in [-0.25, -0.2) is 22.5 Å². The molecule has 2 aromatic carbocycles. The summed E-state index contributed by atoms with van der Waals surface area (Å²) in [5.74, 6) is -6.68. The van der Waals surface area contributed by atoms with Crippen molar-refractivity contribution in [2.75, 3.05) is 0 Å². The Kier molecular flexibility index (Phi) is 3.08. The zero-order valence-electron chi connectivity index (χ0n) is 10.8. The van der Waals surface area contributed by atoms with Crippen LogP contribution in [-0.2, 0) is 0 Å². The fourth-order valence-electron chi connectivity index (χ4n) is 2.01. The van der Waals surface area contributed by atoms with Crippen molar-refractivity contribution in [3.63, 3.8) is 0 Å². The number of aryl methyl sites for hydroxylation is 1. The van der Waals surface area contributed by atoms with Crippen LogP contribution < -0.4 is 0 Å². The van der Waals surface area contributed by atoms with Gasteiger partial charge in [0.25, 0.3) is 0 Å². The molecular weight excluding hydrogens is 284 g/mol. The Morgan fingerprint density at radius 1 is 0.857 bits per heavy atom. The van der Waals surface area contributed by atoms with Crippen molar-refractivity contribution in [1.29, 1.82) is 0 Å². The second-order valence-electron chi connectivity index (χ2n) is 4.60. The molecule has 3 rings (SSSR count). The van der Waals surface area contributed by atoms with Crippen LogP contribution in [0, 0.1) is 30.2 Å². The summed E-state index contributed by atoms with van der Waals surface area (Å²) in [4.78, 5) is 8.17. The molecule has 0 saturated carbocycles. The van der Waals surface area contributed by atoms with E-state index in [4.69, 9.17) is 0 Å². The number of fused-ring (bicyclic) bond motifs is 1. The molecule has 2 nitrogen and oxygen atoms in total. The summed E-state index contributed by atoms with van der Waals surface area (Å²) in [6, 6.07) is 5.78. The number of halogens is 4. The minimum absolute atomic E-state index is 0.0679. The standard InChI is InChI=1S/C15H8F4N2/c1-7-2-3-10-11(4-7)20-6-12(21-10)8-5-9(16)14(18)15(19)13(8)17/h2-6H,1H3. The minimum Gasteiger partial charge on any atom is -0.252 e. The predicted molar refractivity (Wildman–Crippen MR) is 69.5 cm³/mol. The molecule has 1 aromatic heterocycles. The molecule has 106 valence electrons. The van der Waals surface area contributed by atoms with E-state index in [1.54, 1.807) is 18.2 Å². The first-order valence-electron chi connectivity index (χ1n) is 6.04. The van der Waals surface area contributed by atoms with Gasteiger partial charge in [-0.3, -0.25) is 4.98 Å². The van der Waals surface area contributed by atoms with Crippen LogP contribution in [0.2, 0.25) is 0 Å². The van der Waals surface area contributed by atoms with Gasteiger partial charge in [-0.1, -0.05) is 6.07 Å². The summed E-state index contributed by atoms with van der Waals surface area (Å²) < 4.78 is 53.2. The van der Waals surface area contributed by atoms with Crippen LogP contribution in [0.1, 0.15) is 5.56 Å². The first kappa shape index (κ1) is 13.5. The Bertz CT molecular complexity index is 862. The summed E-state index contributed by atoms with van der Waals surface area (Å²) in [5.41, 5.74) is 1.45. The minimum atomic E-state index is -1.86. The van der Waals surface area contributed by atoms with Crippen LogP contribution in [0.15, 0.2) is 30.5 Å². The fourth-order valence-corrected chi connectivity index (χ4v) is 2.01. The number of nitrogens with zero attached hydrogens (tertiary/aromatic N) is 2. The van der Waals surface area contributed by atoms with Gasteiger partial charge in [-0.2, -0.15) is 0 Å². The van der Waals surface area contributed by atoms with E-state index in [1.165, 1.54) is 6.20 Å². The van der Waals surface area contributed by atoms with E-state index in [2.05, 4.69) is 9.97 Å². The highest BCUT2D eigenvalue weighted by atomic mass is 19.2. The maximum atomic E-state index is 13.7. The first-order valence-corrected chi connectivity index (χ1v) is 6.04. The van der Waals surface area contributed by atoms with Gasteiger partial charge in [0.05, 0.1) is 22.9 Å². The molecule has 0 N–H and O–H groups in total. The van der Waals surface area contributed by atoms with Crippen molar-refractivity contribution in [2.24, 2.45) is 0 Å². The van der Waals surface area contributed by atoms with Gasteiger partial charge in [0.15, 0.2) is 23.3 Å². The Morgan fingerprint density at radius 2 is 1.62 bits per heavy atom. The molecule has 0 bridgehead atoms. The number of hydrogen-bond acceptors (Lipinski definition) is 2. The molecule has 0 aliphatic heterocycles. The third-order valence-corrected chi connectivity index (χ3v) is 3.08. The van der Waals surface area contributed by atoms with Crippen LogP contribution >= 0.6 is 0 Å². The summed E-state index contributed by atoms with van der Waals surface area (Å²) in [6.45, 7) is 1.87. The molecule has 3 aromatic rings. The monoisotopic (exact) mass is 292 g/mol. The Hall–Kier alpha value is -2.50. The molecule has 0 aliphatic carbocycles. The number of benzene rings is 2. The maximum absolute atomic E-state index is 13.7. The quantitative estimate of drug-likeness (QED) is 0.382. The lowest BCUT2D eigenvalue weighted by Gasteiger charge is -2.06. The van der Waals surface area contributed by atoms with Crippen LogP contribution in [0.3, 0.4) is 0 Å². The van der Waals surface area contributed by atoms with Gasteiger partial charge in [-0.05, 0) is 30.7 Å². The second-order valence-corrected chi connectivity index (χ2v) is 4.60. The summed E-state index contributed by atoms with van der Waals surface area (Å²) in [7, 11) is 0. The van der Waals surface area contributed by atoms with E-state index >= 15 is 0 Å². The molecule has 0 aliphatic rings. The Labute approximate surface area is 117 Å². The van der Waals surface area contributed by atoms with E-state index in [1.807, 2.05) is 6.92 Å². The number of hydrogen-bond donors (Lipinski definition) is 0. The average molecular weight is 292 g/mol. The molecule has 0 radical (unpaired) electrons. The third kappa shape index (κ3) is 2.22. The molecule has 0 unspecified atom stereocenters. The van der Waals surface area contributed by atoms with Gasteiger partial charge in [0.1, 0.15) is 0 Å². The van der Waals surface area contributed by atoms with Crippen LogP contribution in [0.4, 0.5) is 17.6 Å². The van der Waals surface area contributed by atoms with Crippen molar-refractivity contribution in [3.8, 4) is 11.3 Å². The summed E-state index contributed by atoms with van der Waals surface area (Å²) >= 11 is 0. The maximum Gasteiger partial charge on any atom is 0.198 e. The van der Waals surface area contributed by atoms with Gasteiger partial charge >= 0.3 is 0 Å². The van der Waals surface area contributed by atoms with Crippen molar-refractivity contribution in [1.82, 2.24) is 9.97 Å². The van der Waals surface area contributed by atoms with Gasteiger partial charge in [-0.15, -0.1) is 0 Å². The SMILES string of the molecule is Cc1ccc2nc(-c3cc(F)c(F)c(F)c3F)cnc2c1. The van der Waals surface area contributed by atoms with Crippen molar-refractivity contribution < 1.29 is 17.6 Å². The van der Waals surface area contributed by atoms with Crippen molar-refractivity contribution in [2.45, 2.75) is 6.92 Å². The lowest BCUT2D eigenvalue weighted by molar-refractivity contribution is 0.410. The zero-order chi connectivity index (χ0) is 15.1. The Balaban J connectivity index is 2.23. The van der Waals surface area contributed by atoms with E-state index in [0.717, 1.165) is 5.56 Å². The fraction of sp³-hybridized carbons (Fsp3) is 0.0667. The molecule has 21 heavy (non-hydrogen) atoms. The van der Waals surface area contributed by atoms with Crippen molar-refractivity contribution in [3.05, 3.63) is 59.3 Å². The number of aromatic nitrogens is 2. The zero-order valence-corrected chi connectivity index (χ0v) is 10.8. The largest absolute Gasteiger partial charge is 0.252 e. The summed E-state index contributed by atoms with van der Waals surface area (Å²) in [6.07, 6.45) is 1.19. The van der Waals surface area contributed by atoms with Crippen LogP contribution in [0.25, 0.3) is 22.3 Å². The van der Waals surface area contributed by atoms with Crippen molar-refractivity contribution >= 4 is 11.0 Å². The molecule has 0 fully saturated rings. The normalized spacial score (nSPS) is 11.1. The molecule has 0 amide bonds. The first-order chi connectivity index (χ1) is 9.97. The van der Waals surface area contributed by atoms with E-state index < -0.39 is 28.8 Å². The Morgan fingerprint density at radius 3 is 2.38 bits per heavy atom. The summed E-state index contributed by atoms with van der Waals surface area (Å²) in [5, 5.41) is 0. The highest BCUT2D eigenvalue weighted by Crippen LogP contribution is 2.27. The highest BCUT2D eigenvalue weighted by Gasteiger charge is 2.20. The van der Waals surface area contributed by atoms with Crippen LogP contribution in [0.5, 0.6) is 0 Å². The lowest BCUT2D eigenvalue weighted by atomic mass is 10.1. The smallest absolute Gasteiger partial charge is 0.198 e. The average Bonchev–Trinajstić information content (AvgIpc) is 2.48. The predicted octanol–water partition coefficient (Wildman–Crippen LogP) is 4.16. The molecular formula is C15H8F4N2. The highest BCUT2D eigenvalue weighted by molar-refractivity contribution is 5.77. The van der Waals surface area contributed by atoms with E-state index in [9.17, 15) is 17.6 Å². The van der Waals surface area contributed by atoms with Gasteiger partial charge in [0.2, 0.25) is 0 Å². The topological polar surface area (TPSA) is 25.8 Å². The lowest BCUT2D eigenvalue weighted by Crippen LogP contribution is -2.00. The second kappa shape index (κ2) is 4.80. The molecule has 0 saturated heterocycles. The van der Waals surface area contributed by atoms with Crippen LogP contribution in [-0.4, -0.2) is 9.97 Å². The molecule has 6 heteroatoms. The van der Waals surface area contributed by atoms with Gasteiger partial charge in [0, 0.05) is 5.56 Å². The molecule has 1 heterocycles. The van der Waals surface area contributed by atoms with E-state index in [0.29, 0.717) is 17.1 Å². The van der Waals surface area contributed by atoms with Gasteiger partial charge < -0.3 is 0 Å². The van der Waals surface area contributed by atoms with E-state index in [-0.39, 0.29) is 5.69 Å². The number of rotatable bonds is 1. The molecule has 0 spiro atoms.